The quantitative estimate of drug-likeness (QED) is 0.547. The van der Waals surface area contributed by atoms with Crippen molar-refractivity contribution >= 4 is 38.8 Å². The second kappa shape index (κ2) is 6.71. The van der Waals surface area contributed by atoms with E-state index in [1.165, 1.54) is 11.1 Å². The van der Waals surface area contributed by atoms with Gasteiger partial charge in [0, 0.05) is 29.5 Å². The van der Waals surface area contributed by atoms with Crippen molar-refractivity contribution in [2.45, 2.75) is 38.5 Å². The van der Waals surface area contributed by atoms with Crippen molar-refractivity contribution < 1.29 is 9.52 Å². The number of nitrogens with zero attached hydrogens (tertiary/aromatic N) is 2. The van der Waals surface area contributed by atoms with Gasteiger partial charge in [-0.1, -0.05) is 18.2 Å². The molecule has 2 heterocycles. The molecule has 0 unspecified atom stereocenters. The van der Waals surface area contributed by atoms with Gasteiger partial charge in [0.1, 0.15) is 17.1 Å². The molecule has 1 aromatic heterocycles. The zero-order valence-electron chi connectivity index (χ0n) is 15.0. The van der Waals surface area contributed by atoms with Gasteiger partial charge in [0.2, 0.25) is 0 Å². The largest absolute Gasteiger partial charge is 0.506 e. The second-order valence-electron chi connectivity index (χ2n) is 7.30. The molecular weight excluding hydrogens is 404 g/mol. The predicted octanol–water partition coefficient (Wildman–Crippen LogP) is 5.57. The number of aryl methyl sites for hydroxylation is 3. The van der Waals surface area contributed by atoms with Gasteiger partial charge in [-0.15, -0.1) is 0 Å². The van der Waals surface area contributed by atoms with Crippen molar-refractivity contribution in [2.24, 2.45) is 5.10 Å². The van der Waals surface area contributed by atoms with Gasteiger partial charge >= 0.3 is 0 Å². The number of hydrogen-bond donors (Lipinski definition) is 1. The van der Waals surface area contributed by atoms with Gasteiger partial charge in [0.25, 0.3) is 0 Å². The average Bonchev–Trinajstić information content (AvgIpc) is 3.06. The first-order valence-corrected chi connectivity index (χ1v) is 10.4. The van der Waals surface area contributed by atoms with Crippen LogP contribution in [-0.4, -0.2) is 17.9 Å². The average molecular weight is 425 g/mol. The Morgan fingerprint density at radius 3 is 2.89 bits per heavy atom. The lowest BCUT2D eigenvalue weighted by Crippen LogP contribution is -2.24. The highest BCUT2D eigenvalue weighted by molar-refractivity contribution is 9.10. The number of anilines is 1. The molecule has 0 spiro atoms. The maximum Gasteiger partial charge on any atom is 0.139 e. The highest BCUT2D eigenvalue weighted by Crippen LogP contribution is 2.40. The highest BCUT2D eigenvalue weighted by Gasteiger charge is 2.23. The van der Waals surface area contributed by atoms with Gasteiger partial charge in [0.05, 0.1) is 16.4 Å². The highest BCUT2D eigenvalue weighted by atomic mass is 79.9. The van der Waals surface area contributed by atoms with E-state index in [0.29, 0.717) is 4.47 Å². The zero-order chi connectivity index (χ0) is 18.4. The second-order valence-corrected chi connectivity index (χ2v) is 8.16. The Morgan fingerprint density at radius 2 is 1.96 bits per heavy atom. The summed E-state index contributed by atoms with van der Waals surface area (Å²) < 4.78 is 6.74. The van der Waals surface area contributed by atoms with Crippen molar-refractivity contribution in [3.63, 3.8) is 0 Å². The molecule has 2 aromatic carbocycles. The molecule has 138 valence electrons. The van der Waals surface area contributed by atoms with E-state index in [0.717, 1.165) is 73.1 Å². The number of phenolic OH excluding ortho intramolecular Hbond substituents is 1. The maximum absolute atomic E-state index is 10.7. The number of phenols is 1. The van der Waals surface area contributed by atoms with Crippen LogP contribution >= 0.6 is 15.9 Å². The fraction of sp³-hybridized carbons (Fsp3) is 0.318. The standard InChI is InChI=1S/C22H21BrN2O2/c23-17-12-20-21(15-8-2-4-10-19(15)27-20)16(22(17)26)13-24-25-11-5-7-14-6-1-3-9-18(14)25/h1,3,6,9,12-13,26H,2,4-5,7-8,10-11H2. The van der Waals surface area contributed by atoms with Crippen LogP contribution in [0.5, 0.6) is 5.75 Å². The first kappa shape index (κ1) is 16.9. The third-order valence-corrected chi connectivity index (χ3v) is 6.22. The molecule has 0 bridgehead atoms. The minimum absolute atomic E-state index is 0.228. The van der Waals surface area contributed by atoms with Crippen LogP contribution in [0.3, 0.4) is 0 Å². The lowest BCUT2D eigenvalue weighted by molar-refractivity contribution is 0.471. The summed E-state index contributed by atoms with van der Waals surface area (Å²) in [7, 11) is 0. The van der Waals surface area contributed by atoms with Crippen LogP contribution < -0.4 is 5.01 Å². The fourth-order valence-corrected chi connectivity index (χ4v) is 4.72. The number of hydrogen-bond acceptors (Lipinski definition) is 4. The zero-order valence-corrected chi connectivity index (χ0v) is 16.6. The molecule has 1 aliphatic carbocycles. The molecule has 0 fully saturated rings. The number of benzene rings is 2. The van der Waals surface area contributed by atoms with E-state index in [9.17, 15) is 5.11 Å². The van der Waals surface area contributed by atoms with E-state index in [4.69, 9.17) is 9.52 Å². The Labute approximate surface area is 166 Å². The van der Waals surface area contributed by atoms with E-state index in [1.807, 2.05) is 17.1 Å². The molecule has 1 aliphatic heterocycles. The molecule has 3 aromatic rings. The minimum atomic E-state index is 0.228. The number of hydrazone groups is 1. The molecule has 0 radical (unpaired) electrons. The van der Waals surface area contributed by atoms with Crippen LogP contribution in [0.4, 0.5) is 5.69 Å². The number of para-hydroxylation sites is 1. The molecule has 0 saturated heterocycles. The Hall–Kier alpha value is -2.27. The van der Waals surface area contributed by atoms with Crippen LogP contribution in [-0.2, 0) is 19.3 Å². The Bertz CT molecular complexity index is 1050. The van der Waals surface area contributed by atoms with Crippen molar-refractivity contribution in [1.82, 2.24) is 0 Å². The van der Waals surface area contributed by atoms with E-state index < -0.39 is 0 Å². The molecule has 5 rings (SSSR count). The van der Waals surface area contributed by atoms with E-state index in [1.54, 1.807) is 6.21 Å². The van der Waals surface area contributed by atoms with E-state index >= 15 is 0 Å². The van der Waals surface area contributed by atoms with E-state index in [-0.39, 0.29) is 5.75 Å². The summed E-state index contributed by atoms with van der Waals surface area (Å²) in [4.78, 5) is 0. The Balaban J connectivity index is 1.62. The van der Waals surface area contributed by atoms with Crippen LogP contribution in [0, 0.1) is 0 Å². The summed E-state index contributed by atoms with van der Waals surface area (Å²) in [5.74, 6) is 1.29. The number of furan rings is 1. The summed E-state index contributed by atoms with van der Waals surface area (Å²) in [6.45, 7) is 0.884. The van der Waals surface area contributed by atoms with Gasteiger partial charge < -0.3 is 9.52 Å². The van der Waals surface area contributed by atoms with Gasteiger partial charge in [-0.05, 0) is 65.7 Å². The number of fused-ring (bicyclic) bond motifs is 4. The number of halogens is 1. The summed E-state index contributed by atoms with van der Waals surface area (Å²) >= 11 is 3.47. The fourth-order valence-electron chi connectivity index (χ4n) is 4.30. The topological polar surface area (TPSA) is 49.0 Å². The monoisotopic (exact) mass is 424 g/mol. The SMILES string of the molecule is Oc1c(Br)cc2oc3c(c2c1C=NN1CCCc2ccccc21)CCCC3. The van der Waals surface area contributed by atoms with Crippen LogP contribution in [0.2, 0.25) is 0 Å². The molecule has 27 heavy (non-hydrogen) atoms. The summed E-state index contributed by atoms with van der Waals surface area (Å²) in [5.41, 5.74) is 5.28. The van der Waals surface area contributed by atoms with Crippen LogP contribution in [0.1, 0.15) is 41.7 Å². The summed E-state index contributed by atoms with van der Waals surface area (Å²) in [6.07, 6.45) is 8.26. The molecule has 1 N–H and O–H groups in total. The molecular formula is C22H21BrN2O2. The van der Waals surface area contributed by atoms with Crippen molar-refractivity contribution in [3.05, 3.63) is 57.3 Å². The normalized spacial score (nSPS) is 16.7. The Kier molecular flexibility index (Phi) is 4.20. The predicted molar refractivity (Wildman–Crippen MR) is 112 cm³/mol. The van der Waals surface area contributed by atoms with Gasteiger partial charge in [-0.2, -0.15) is 5.10 Å². The van der Waals surface area contributed by atoms with Crippen molar-refractivity contribution in [3.8, 4) is 5.75 Å². The van der Waals surface area contributed by atoms with Gasteiger partial charge in [0.15, 0.2) is 0 Å². The number of rotatable bonds is 2. The first-order chi connectivity index (χ1) is 13.2. The molecule has 0 saturated carbocycles. The van der Waals surface area contributed by atoms with E-state index in [2.05, 4.69) is 34.1 Å². The summed E-state index contributed by atoms with van der Waals surface area (Å²) in [6, 6.07) is 10.3. The maximum atomic E-state index is 10.7. The van der Waals surface area contributed by atoms with Crippen molar-refractivity contribution in [1.29, 1.82) is 0 Å². The van der Waals surface area contributed by atoms with Crippen molar-refractivity contribution in [2.75, 3.05) is 11.6 Å². The first-order valence-electron chi connectivity index (χ1n) is 9.57. The molecule has 5 heteroatoms. The number of aromatic hydroxyl groups is 1. The smallest absolute Gasteiger partial charge is 0.139 e. The lowest BCUT2D eigenvalue weighted by atomic mass is 9.94. The lowest BCUT2D eigenvalue weighted by Gasteiger charge is -2.26. The third kappa shape index (κ3) is 2.85. The van der Waals surface area contributed by atoms with Gasteiger partial charge in [-0.25, -0.2) is 0 Å². The molecule has 0 amide bonds. The molecule has 4 nitrogen and oxygen atoms in total. The third-order valence-electron chi connectivity index (χ3n) is 5.62. The van der Waals surface area contributed by atoms with Crippen LogP contribution in [0.25, 0.3) is 11.0 Å². The van der Waals surface area contributed by atoms with Gasteiger partial charge in [-0.3, -0.25) is 5.01 Å². The van der Waals surface area contributed by atoms with Crippen LogP contribution in [0.15, 0.2) is 44.3 Å². The minimum Gasteiger partial charge on any atom is -0.506 e. The molecule has 2 aliphatic rings. The molecule has 0 atom stereocenters. The summed E-state index contributed by atoms with van der Waals surface area (Å²) in [5, 5.41) is 18.6. The Morgan fingerprint density at radius 1 is 1.11 bits per heavy atom.